The Balaban J connectivity index is 5.14. The maximum Gasteiger partial charge on any atom is 0.243 e. The molecule has 72 heavy (non-hydrogen) atoms. The summed E-state index contributed by atoms with van der Waals surface area (Å²) < 4.78 is 65.5. The lowest BCUT2D eigenvalue weighted by Crippen LogP contribution is -2.58. The standard InChI is InChI=1S/C47H90N6O19/c1-40(2)71-20-8-21-72-53-46(59)10-6-9-41(54)48-15-28-67-36-35-63-19-7-11-45(58)52-47(37-68-22-12-42(55)49-16-25-64-32-29-60-3,38-69-23-13-43(56)50-17-26-65-33-30-61-4)39-70-24-14-44(57)51-18-27-66-34-31-62-5/h40H,6-39H2,1-5H3,(H,48,54)(H,49,55)(H,50,56)(H,51,57)(H,52,58)(H,53,59). The van der Waals surface area contributed by atoms with Crippen molar-refractivity contribution in [1.82, 2.24) is 32.1 Å². The molecule has 0 atom stereocenters. The number of hydrogen-bond donors (Lipinski definition) is 6. The maximum absolute atomic E-state index is 13.5. The SMILES string of the molecule is COCCOCCNC(=O)CCOCC(COCCC(=O)NCCOCCOC)(COCCC(=O)NCCOCCOC)NC(=O)CCCOCCOCCNC(=O)CCCC(=O)NOCCCOC(C)C. The lowest BCUT2D eigenvalue weighted by molar-refractivity contribution is -0.134. The molecule has 0 bridgehead atoms. The van der Waals surface area contributed by atoms with E-state index in [4.69, 9.17) is 61.7 Å². The van der Waals surface area contributed by atoms with Gasteiger partial charge in [0.25, 0.3) is 0 Å². The minimum Gasteiger partial charge on any atom is -0.382 e. The fourth-order valence-electron chi connectivity index (χ4n) is 5.72. The first-order chi connectivity index (χ1) is 35.0. The van der Waals surface area contributed by atoms with Gasteiger partial charge in [0.2, 0.25) is 35.4 Å². The maximum atomic E-state index is 13.5. The summed E-state index contributed by atoms with van der Waals surface area (Å²) in [6.07, 6.45) is 2.01. The Hall–Kier alpha value is -3.70. The van der Waals surface area contributed by atoms with Crippen LogP contribution in [-0.2, 0) is 90.4 Å². The molecule has 6 N–H and O–H groups in total. The number of carbonyl (C=O) groups is 6. The van der Waals surface area contributed by atoms with Crippen LogP contribution in [-0.4, -0.2) is 233 Å². The number of hydroxylamine groups is 1. The van der Waals surface area contributed by atoms with Gasteiger partial charge in [0.15, 0.2) is 0 Å². The molecule has 25 heteroatoms. The van der Waals surface area contributed by atoms with E-state index in [1.165, 1.54) is 0 Å². The van der Waals surface area contributed by atoms with Crippen molar-refractivity contribution < 1.29 is 90.4 Å². The van der Waals surface area contributed by atoms with Crippen LogP contribution in [0.2, 0.25) is 0 Å². The van der Waals surface area contributed by atoms with E-state index in [2.05, 4.69) is 32.1 Å². The Kier molecular flexibility index (Phi) is 48.2. The van der Waals surface area contributed by atoms with E-state index in [1.807, 2.05) is 13.8 Å². The highest BCUT2D eigenvalue weighted by Gasteiger charge is 2.34. The second kappa shape index (κ2) is 50.8. The first-order valence-electron chi connectivity index (χ1n) is 25.0. The first kappa shape index (κ1) is 68.3. The lowest BCUT2D eigenvalue weighted by Gasteiger charge is -2.34. The Labute approximate surface area is 426 Å². The summed E-state index contributed by atoms with van der Waals surface area (Å²) >= 11 is 0. The van der Waals surface area contributed by atoms with Gasteiger partial charge >= 0.3 is 0 Å². The van der Waals surface area contributed by atoms with Gasteiger partial charge < -0.3 is 83.4 Å². The van der Waals surface area contributed by atoms with E-state index in [0.717, 1.165) is 0 Å². The molecule has 0 aromatic heterocycles. The molecule has 25 nitrogen and oxygen atoms in total. The molecular weight excluding hydrogens is 953 g/mol. The molecular formula is C47H90N6O19. The summed E-state index contributed by atoms with van der Waals surface area (Å²) in [5, 5.41) is 14.0. The number of hydrogen-bond acceptors (Lipinski definition) is 19. The quantitative estimate of drug-likeness (QED) is 0.0326. The second-order valence-corrected chi connectivity index (χ2v) is 16.3. The predicted octanol–water partition coefficient (Wildman–Crippen LogP) is -0.638. The fourth-order valence-corrected chi connectivity index (χ4v) is 5.72. The van der Waals surface area contributed by atoms with E-state index < -0.39 is 5.54 Å². The summed E-state index contributed by atoms with van der Waals surface area (Å²) in [4.78, 5) is 80.2. The number of amides is 6. The zero-order valence-electron chi connectivity index (χ0n) is 43.9. The van der Waals surface area contributed by atoms with Gasteiger partial charge in [-0.2, -0.15) is 0 Å². The van der Waals surface area contributed by atoms with Crippen LogP contribution in [0, 0.1) is 0 Å². The first-order valence-corrected chi connectivity index (χ1v) is 25.0. The van der Waals surface area contributed by atoms with E-state index >= 15 is 0 Å². The number of ether oxygens (including phenoxy) is 12. The molecule has 0 aromatic rings. The molecule has 0 aromatic carbocycles. The van der Waals surface area contributed by atoms with Gasteiger partial charge in [-0.3, -0.25) is 33.6 Å². The van der Waals surface area contributed by atoms with Gasteiger partial charge in [0, 0.05) is 99.2 Å². The lowest BCUT2D eigenvalue weighted by atomic mass is 10.0. The minimum atomic E-state index is -1.28. The third kappa shape index (κ3) is 47.3. The molecule has 0 fully saturated rings. The third-order valence-electron chi connectivity index (χ3n) is 9.43. The Bertz CT molecular complexity index is 1270. The number of methoxy groups -OCH3 is 3. The molecule has 6 amide bonds. The van der Waals surface area contributed by atoms with Crippen LogP contribution >= 0.6 is 0 Å². The van der Waals surface area contributed by atoms with Gasteiger partial charge in [-0.15, -0.1) is 0 Å². The molecule has 0 spiro atoms. The normalized spacial score (nSPS) is 11.4. The molecule has 0 radical (unpaired) electrons. The average Bonchev–Trinajstić information content (AvgIpc) is 3.35. The minimum absolute atomic E-state index is 0.00645. The van der Waals surface area contributed by atoms with Crippen LogP contribution < -0.4 is 32.1 Å². The average molecular weight is 1040 g/mol. The number of nitrogens with one attached hydrogen (secondary N) is 6. The highest BCUT2D eigenvalue weighted by molar-refractivity contribution is 5.79. The highest BCUT2D eigenvalue weighted by atomic mass is 16.7. The van der Waals surface area contributed by atoms with Crippen molar-refractivity contribution in [1.29, 1.82) is 0 Å². The second-order valence-electron chi connectivity index (χ2n) is 16.3. The van der Waals surface area contributed by atoms with Crippen LogP contribution in [0.5, 0.6) is 0 Å². The van der Waals surface area contributed by atoms with Crippen molar-refractivity contribution >= 4 is 35.4 Å². The van der Waals surface area contributed by atoms with E-state index in [0.29, 0.717) is 118 Å². The van der Waals surface area contributed by atoms with Crippen LogP contribution in [0.4, 0.5) is 0 Å². The third-order valence-corrected chi connectivity index (χ3v) is 9.43. The van der Waals surface area contributed by atoms with Crippen molar-refractivity contribution in [2.45, 2.75) is 83.3 Å². The van der Waals surface area contributed by atoms with E-state index in [-0.39, 0.29) is 146 Å². The summed E-state index contributed by atoms with van der Waals surface area (Å²) in [6, 6.07) is 0. The highest BCUT2D eigenvalue weighted by Crippen LogP contribution is 2.12. The predicted molar refractivity (Wildman–Crippen MR) is 262 cm³/mol. The van der Waals surface area contributed by atoms with E-state index in [9.17, 15) is 28.8 Å². The van der Waals surface area contributed by atoms with Gasteiger partial charge in [-0.1, -0.05) is 0 Å². The van der Waals surface area contributed by atoms with Crippen molar-refractivity contribution in [2.75, 3.05) is 186 Å². The molecule has 0 heterocycles. The fraction of sp³-hybridized carbons (Fsp3) is 0.872. The van der Waals surface area contributed by atoms with Crippen molar-refractivity contribution in [3.05, 3.63) is 0 Å². The van der Waals surface area contributed by atoms with Gasteiger partial charge in [0.1, 0.15) is 5.54 Å². The molecule has 0 rings (SSSR count). The zero-order chi connectivity index (χ0) is 53.0. The molecule has 0 unspecified atom stereocenters. The largest absolute Gasteiger partial charge is 0.382 e. The summed E-state index contributed by atoms with van der Waals surface area (Å²) in [6.45, 7) is 10.2. The van der Waals surface area contributed by atoms with Crippen LogP contribution in [0.15, 0.2) is 0 Å². The smallest absolute Gasteiger partial charge is 0.243 e. The monoisotopic (exact) mass is 1040 g/mol. The zero-order valence-corrected chi connectivity index (χ0v) is 43.9. The Morgan fingerprint density at radius 3 is 1.15 bits per heavy atom. The Morgan fingerprint density at radius 2 is 0.736 bits per heavy atom. The van der Waals surface area contributed by atoms with Crippen molar-refractivity contribution in [3.8, 4) is 0 Å². The topological polar surface area (TPSA) is 295 Å². The molecule has 0 aliphatic heterocycles. The van der Waals surface area contributed by atoms with Crippen LogP contribution in [0.25, 0.3) is 0 Å². The summed E-state index contributed by atoms with van der Waals surface area (Å²) in [5.41, 5.74) is 1.09. The van der Waals surface area contributed by atoms with E-state index in [1.54, 1.807) is 21.3 Å². The molecule has 0 aliphatic carbocycles. The number of rotatable bonds is 54. The molecule has 0 aliphatic rings. The summed E-state index contributed by atoms with van der Waals surface area (Å²) in [7, 11) is 4.72. The molecule has 0 saturated carbocycles. The van der Waals surface area contributed by atoms with Crippen molar-refractivity contribution in [3.63, 3.8) is 0 Å². The molecule has 422 valence electrons. The summed E-state index contributed by atoms with van der Waals surface area (Å²) in [5.74, 6) is -1.63. The van der Waals surface area contributed by atoms with Gasteiger partial charge in [-0.25, -0.2) is 5.48 Å². The van der Waals surface area contributed by atoms with Gasteiger partial charge in [-0.05, 0) is 33.1 Å². The Morgan fingerprint density at radius 1 is 0.361 bits per heavy atom. The number of carbonyl (C=O) groups excluding carboxylic acids is 6. The molecule has 0 saturated heterocycles. The van der Waals surface area contributed by atoms with Crippen molar-refractivity contribution in [2.24, 2.45) is 0 Å². The van der Waals surface area contributed by atoms with Gasteiger partial charge in [0.05, 0.1) is 132 Å². The van der Waals surface area contributed by atoms with Crippen LogP contribution in [0.3, 0.4) is 0 Å². The van der Waals surface area contributed by atoms with Crippen LogP contribution in [0.1, 0.15) is 71.6 Å².